The van der Waals surface area contributed by atoms with Crippen LogP contribution in [0.25, 0.3) is 0 Å². The molecule has 0 saturated carbocycles. The van der Waals surface area contributed by atoms with Crippen molar-refractivity contribution in [3.05, 3.63) is 11.9 Å². The molecule has 1 atom stereocenters. The molecule has 1 saturated heterocycles. The average molecular weight is 209 g/mol. The zero-order valence-electron chi connectivity index (χ0n) is 9.01. The van der Waals surface area contributed by atoms with E-state index in [-0.39, 0.29) is 11.7 Å². The van der Waals surface area contributed by atoms with Crippen LogP contribution < -0.4 is 0 Å². The Kier molecular flexibility index (Phi) is 2.56. The van der Waals surface area contributed by atoms with Crippen molar-refractivity contribution < 1.29 is 9.53 Å². The predicted octanol–water partition coefficient (Wildman–Crippen LogP) is 1.05. The summed E-state index contributed by atoms with van der Waals surface area (Å²) >= 11 is 0. The van der Waals surface area contributed by atoms with E-state index < -0.39 is 0 Å². The fourth-order valence-electron chi connectivity index (χ4n) is 1.87. The van der Waals surface area contributed by atoms with Gasteiger partial charge in [-0.1, -0.05) is 5.21 Å². The highest BCUT2D eigenvalue weighted by atomic mass is 16.5. The first-order chi connectivity index (χ1) is 7.09. The van der Waals surface area contributed by atoms with Gasteiger partial charge in [0.1, 0.15) is 5.69 Å². The standard InChI is InChI=1S/C10H15N3O2/c1-10(2)4-3-9(15-10)6-13-5-8(7-14)11-12-13/h5,7,9H,3-4,6H2,1-2H3. The Morgan fingerprint density at radius 1 is 1.73 bits per heavy atom. The number of aldehydes is 1. The molecule has 2 heterocycles. The van der Waals surface area contributed by atoms with Gasteiger partial charge in [-0.15, -0.1) is 5.10 Å². The maximum Gasteiger partial charge on any atom is 0.171 e. The lowest BCUT2D eigenvalue weighted by Gasteiger charge is -2.18. The molecule has 5 heteroatoms. The summed E-state index contributed by atoms with van der Waals surface area (Å²) in [5.74, 6) is 0. The summed E-state index contributed by atoms with van der Waals surface area (Å²) in [7, 11) is 0. The van der Waals surface area contributed by atoms with Crippen molar-refractivity contribution in [1.82, 2.24) is 15.0 Å². The quantitative estimate of drug-likeness (QED) is 0.698. The number of carbonyl (C=O) groups excluding carboxylic acids is 1. The summed E-state index contributed by atoms with van der Waals surface area (Å²) in [6, 6.07) is 0. The minimum Gasteiger partial charge on any atom is -0.370 e. The van der Waals surface area contributed by atoms with E-state index in [1.54, 1.807) is 10.9 Å². The molecule has 0 aromatic carbocycles. The largest absolute Gasteiger partial charge is 0.370 e. The van der Waals surface area contributed by atoms with E-state index >= 15 is 0 Å². The Balaban J connectivity index is 1.95. The maximum absolute atomic E-state index is 10.4. The number of hydrogen-bond donors (Lipinski definition) is 0. The lowest BCUT2D eigenvalue weighted by molar-refractivity contribution is -0.0231. The molecule has 0 aliphatic carbocycles. The molecule has 0 N–H and O–H groups in total. The molecule has 0 bridgehead atoms. The molecule has 1 unspecified atom stereocenters. The van der Waals surface area contributed by atoms with Crippen molar-refractivity contribution in [3.8, 4) is 0 Å². The van der Waals surface area contributed by atoms with Crippen molar-refractivity contribution in [1.29, 1.82) is 0 Å². The molecular formula is C10H15N3O2. The Morgan fingerprint density at radius 2 is 2.53 bits per heavy atom. The number of hydrogen-bond acceptors (Lipinski definition) is 4. The van der Waals surface area contributed by atoms with Gasteiger partial charge in [-0.05, 0) is 26.7 Å². The van der Waals surface area contributed by atoms with Crippen molar-refractivity contribution >= 4 is 6.29 Å². The van der Waals surface area contributed by atoms with Gasteiger partial charge < -0.3 is 4.74 Å². The Hall–Kier alpha value is -1.23. The molecule has 2 rings (SSSR count). The first kappa shape index (κ1) is 10.3. The van der Waals surface area contributed by atoms with Crippen LogP contribution in [-0.2, 0) is 11.3 Å². The van der Waals surface area contributed by atoms with Gasteiger partial charge in [-0.2, -0.15) is 0 Å². The van der Waals surface area contributed by atoms with Gasteiger partial charge in [-0.3, -0.25) is 4.79 Å². The van der Waals surface area contributed by atoms with Crippen molar-refractivity contribution in [2.75, 3.05) is 0 Å². The summed E-state index contributed by atoms with van der Waals surface area (Å²) in [5, 5.41) is 7.56. The Morgan fingerprint density at radius 3 is 3.07 bits per heavy atom. The zero-order valence-corrected chi connectivity index (χ0v) is 9.01. The smallest absolute Gasteiger partial charge is 0.171 e. The molecule has 0 amide bonds. The van der Waals surface area contributed by atoms with Gasteiger partial charge in [0, 0.05) is 0 Å². The summed E-state index contributed by atoms with van der Waals surface area (Å²) in [5.41, 5.74) is 0.339. The van der Waals surface area contributed by atoms with Gasteiger partial charge in [0.05, 0.1) is 24.4 Å². The van der Waals surface area contributed by atoms with Crippen LogP contribution in [-0.4, -0.2) is 33.0 Å². The third kappa shape index (κ3) is 2.41. The van der Waals surface area contributed by atoms with Gasteiger partial charge in [-0.25, -0.2) is 4.68 Å². The van der Waals surface area contributed by atoms with Crippen LogP contribution in [0, 0.1) is 0 Å². The number of aromatic nitrogens is 3. The van der Waals surface area contributed by atoms with Gasteiger partial charge in [0.15, 0.2) is 6.29 Å². The highest BCUT2D eigenvalue weighted by molar-refractivity contribution is 5.70. The van der Waals surface area contributed by atoms with E-state index in [2.05, 4.69) is 24.2 Å². The zero-order chi connectivity index (χ0) is 10.9. The van der Waals surface area contributed by atoms with E-state index in [1.807, 2.05) is 0 Å². The molecular weight excluding hydrogens is 194 g/mol. The minimum absolute atomic E-state index is 0.0290. The van der Waals surface area contributed by atoms with Gasteiger partial charge >= 0.3 is 0 Å². The van der Waals surface area contributed by atoms with E-state index in [9.17, 15) is 4.79 Å². The van der Waals surface area contributed by atoms with Crippen molar-refractivity contribution in [2.24, 2.45) is 0 Å². The van der Waals surface area contributed by atoms with E-state index in [0.29, 0.717) is 18.5 Å². The summed E-state index contributed by atoms with van der Waals surface area (Å²) < 4.78 is 7.48. The third-order valence-electron chi connectivity index (χ3n) is 2.62. The van der Waals surface area contributed by atoms with Crippen LogP contribution >= 0.6 is 0 Å². The Labute approximate surface area is 88.4 Å². The first-order valence-corrected chi connectivity index (χ1v) is 5.12. The number of carbonyl (C=O) groups is 1. The second kappa shape index (κ2) is 3.73. The molecule has 1 aromatic heterocycles. The highest BCUT2D eigenvalue weighted by Gasteiger charge is 2.31. The van der Waals surface area contributed by atoms with Crippen LogP contribution in [0.1, 0.15) is 37.2 Å². The van der Waals surface area contributed by atoms with Crippen LogP contribution in [0.15, 0.2) is 6.20 Å². The predicted molar refractivity (Wildman–Crippen MR) is 53.6 cm³/mol. The van der Waals surface area contributed by atoms with Crippen LogP contribution in [0.4, 0.5) is 0 Å². The van der Waals surface area contributed by atoms with E-state index in [4.69, 9.17) is 4.74 Å². The normalized spacial score (nSPS) is 24.3. The summed E-state index contributed by atoms with van der Waals surface area (Å²) in [6.45, 7) is 4.85. The monoisotopic (exact) mass is 209 g/mol. The fraction of sp³-hybridized carbons (Fsp3) is 0.700. The second-order valence-corrected chi connectivity index (χ2v) is 4.52. The third-order valence-corrected chi connectivity index (χ3v) is 2.62. The fourth-order valence-corrected chi connectivity index (χ4v) is 1.87. The second-order valence-electron chi connectivity index (χ2n) is 4.52. The van der Waals surface area contributed by atoms with Gasteiger partial charge in [0.2, 0.25) is 0 Å². The molecule has 5 nitrogen and oxygen atoms in total. The van der Waals surface area contributed by atoms with Crippen LogP contribution in [0.3, 0.4) is 0 Å². The molecule has 1 aliphatic rings. The van der Waals surface area contributed by atoms with Crippen molar-refractivity contribution in [2.45, 2.75) is 44.9 Å². The summed E-state index contributed by atoms with van der Waals surface area (Å²) in [4.78, 5) is 10.4. The van der Waals surface area contributed by atoms with E-state index in [0.717, 1.165) is 12.8 Å². The lowest BCUT2D eigenvalue weighted by atomic mass is 10.1. The molecule has 82 valence electrons. The molecule has 0 radical (unpaired) electrons. The van der Waals surface area contributed by atoms with E-state index in [1.165, 1.54) is 0 Å². The average Bonchev–Trinajstić information content (AvgIpc) is 2.73. The van der Waals surface area contributed by atoms with Crippen molar-refractivity contribution in [3.63, 3.8) is 0 Å². The Bertz CT molecular complexity index is 359. The molecule has 1 aliphatic heterocycles. The SMILES string of the molecule is CC1(C)CCC(Cn2cc(C=O)nn2)O1. The lowest BCUT2D eigenvalue weighted by Crippen LogP contribution is -2.23. The van der Waals surface area contributed by atoms with Crippen LogP contribution in [0.5, 0.6) is 0 Å². The molecule has 1 aromatic rings. The number of rotatable bonds is 3. The molecule has 0 spiro atoms. The maximum atomic E-state index is 10.4. The highest BCUT2D eigenvalue weighted by Crippen LogP contribution is 2.29. The molecule has 1 fully saturated rings. The number of ether oxygens (including phenoxy) is 1. The van der Waals surface area contributed by atoms with Crippen LogP contribution in [0.2, 0.25) is 0 Å². The van der Waals surface area contributed by atoms with Gasteiger partial charge in [0.25, 0.3) is 0 Å². The first-order valence-electron chi connectivity index (χ1n) is 5.12. The summed E-state index contributed by atoms with van der Waals surface area (Å²) in [6.07, 6.45) is 4.61. The minimum atomic E-state index is -0.0290. The number of nitrogens with zero attached hydrogens (tertiary/aromatic N) is 3. The molecule has 15 heavy (non-hydrogen) atoms. The topological polar surface area (TPSA) is 57.0 Å².